The van der Waals surface area contributed by atoms with Crippen molar-refractivity contribution >= 4 is 28.3 Å². The SMILES string of the molecule is C#CCCC1(CCNC(=O)CCC(=O)Nc2nnc(C3CCCCC3)s2)N=N1. The van der Waals surface area contributed by atoms with Crippen molar-refractivity contribution in [2.24, 2.45) is 10.2 Å². The van der Waals surface area contributed by atoms with Crippen molar-refractivity contribution in [3.8, 4) is 12.3 Å². The molecule has 0 bridgehead atoms. The van der Waals surface area contributed by atoms with Crippen LogP contribution in [0.4, 0.5) is 5.13 Å². The third-order valence-electron chi connectivity index (χ3n) is 5.12. The fourth-order valence-corrected chi connectivity index (χ4v) is 4.30. The Morgan fingerprint density at radius 3 is 2.57 bits per heavy atom. The topological polar surface area (TPSA) is 109 Å². The average Bonchev–Trinajstić information content (AvgIpc) is 3.33. The van der Waals surface area contributed by atoms with Gasteiger partial charge in [0.25, 0.3) is 0 Å². The van der Waals surface area contributed by atoms with Gasteiger partial charge in [-0.25, -0.2) is 0 Å². The fourth-order valence-electron chi connectivity index (χ4n) is 3.37. The van der Waals surface area contributed by atoms with Crippen LogP contribution in [0, 0.1) is 12.3 Å². The summed E-state index contributed by atoms with van der Waals surface area (Å²) in [5.74, 6) is 2.66. The van der Waals surface area contributed by atoms with Crippen LogP contribution in [0.2, 0.25) is 0 Å². The lowest BCUT2D eigenvalue weighted by molar-refractivity contribution is -0.124. The molecule has 0 aromatic carbocycles. The van der Waals surface area contributed by atoms with E-state index in [9.17, 15) is 9.59 Å². The summed E-state index contributed by atoms with van der Waals surface area (Å²) in [6.07, 6.45) is 13.5. The van der Waals surface area contributed by atoms with Gasteiger partial charge in [0.1, 0.15) is 5.01 Å². The van der Waals surface area contributed by atoms with Gasteiger partial charge >= 0.3 is 0 Å². The Bertz CT molecular complexity index is 757. The maximum Gasteiger partial charge on any atom is 0.226 e. The zero-order valence-electron chi connectivity index (χ0n) is 15.9. The van der Waals surface area contributed by atoms with Crippen LogP contribution in [0.15, 0.2) is 10.2 Å². The molecule has 1 saturated carbocycles. The predicted molar refractivity (Wildman–Crippen MR) is 107 cm³/mol. The third kappa shape index (κ3) is 6.09. The Morgan fingerprint density at radius 1 is 1.11 bits per heavy atom. The van der Waals surface area contributed by atoms with Gasteiger partial charge in [-0.05, 0) is 12.8 Å². The van der Waals surface area contributed by atoms with Gasteiger partial charge in [-0.2, -0.15) is 10.2 Å². The number of carbonyl (C=O) groups excluding carboxylic acids is 2. The molecule has 2 aliphatic rings. The molecule has 2 N–H and O–H groups in total. The average molecular weight is 403 g/mol. The minimum atomic E-state index is -0.398. The van der Waals surface area contributed by atoms with Gasteiger partial charge in [0, 0.05) is 44.6 Å². The smallest absolute Gasteiger partial charge is 0.226 e. The first-order valence-corrected chi connectivity index (χ1v) is 10.7. The number of anilines is 1. The lowest BCUT2D eigenvalue weighted by Crippen LogP contribution is -2.29. The Morgan fingerprint density at radius 2 is 1.86 bits per heavy atom. The van der Waals surface area contributed by atoms with Crippen LogP contribution in [-0.2, 0) is 9.59 Å². The number of carbonyl (C=O) groups is 2. The van der Waals surface area contributed by atoms with Crippen LogP contribution in [0.5, 0.6) is 0 Å². The molecule has 1 aliphatic heterocycles. The Kier molecular flexibility index (Phi) is 7.09. The van der Waals surface area contributed by atoms with Gasteiger partial charge in [0.2, 0.25) is 16.9 Å². The summed E-state index contributed by atoms with van der Waals surface area (Å²) in [6, 6.07) is 0. The van der Waals surface area contributed by atoms with Crippen LogP contribution in [0.3, 0.4) is 0 Å². The van der Waals surface area contributed by atoms with E-state index in [0.717, 1.165) is 17.8 Å². The molecule has 0 saturated heterocycles. The van der Waals surface area contributed by atoms with E-state index in [-0.39, 0.29) is 24.7 Å². The van der Waals surface area contributed by atoms with E-state index >= 15 is 0 Å². The summed E-state index contributed by atoms with van der Waals surface area (Å²) < 4.78 is 0. The molecule has 1 aliphatic carbocycles. The first-order valence-electron chi connectivity index (χ1n) is 9.88. The first-order chi connectivity index (χ1) is 13.6. The highest BCUT2D eigenvalue weighted by molar-refractivity contribution is 7.15. The van der Waals surface area contributed by atoms with Crippen molar-refractivity contribution in [1.82, 2.24) is 15.5 Å². The molecule has 0 radical (unpaired) electrons. The molecule has 150 valence electrons. The van der Waals surface area contributed by atoms with E-state index in [1.165, 1.54) is 30.6 Å². The second kappa shape index (κ2) is 9.73. The number of amides is 2. The fraction of sp³-hybridized carbons (Fsp3) is 0.684. The van der Waals surface area contributed by atoms with Crippen LogP contribution >= 0.6 is 11.3 Å². The highest BCUT2D eigenvalue weighted by Gasteiger charge is 2.38. The molecule has 0 spiro atoms. The van der Waals surface area contributed by atoms with E-state index in [0.29, 0.717) is 36.9 Å². The second-order valence-corrected chi connectivity index (χ2v) is 8.32. The summed E-state index contributed by atoms with van der Waals surface area (Å²) in [7, 11) is 0. The summed E-state index contributed by atoms with van der Waals surface area (Å²) in [5, 5.41) is 23.4. The van der Waals surface area contributed by atoms with Gasteiger partial charge < -0.3 is 10.6 Å². The van der Waals surface area contributed by atoms with Gasteiger partial charge in [-0.1, -0.05) is 30.6 Å². The molecule has 1 aromatic rings. The number of rotatable bonds is 10. The third-order valence-corrected chi connectivity index (χ3v) is 6.12. The maximum atomic E-state index is 12.1. The summed E-state index contributed by atoms with van der Waals surface area (Å²) in [5.41, 5.74) is -0.398. The number of hydrogen-bond acceptors (Lipinski definition) is 7. The van der Waals surface area contributed by atoms with Crippen LogP contribution in [-0.4, -0.2) is 34.2 Å². The maximum absolute atomic E-state index is 12.1. The molecule has 28 heavy (non-hydrogen) atoms. The van der Waals surface area contributed by atoms with Crippen molar-refractivity contribution in [3.05, 3.63) is 5.01 Å². The lowest BCUT2D eigenvalue weighted by Gasteiger charge is -2.18. The van der Waals surface area contributed by atoms with E-state index in [1.807, 2.05) is 0 Å². The standard InChI is InChI=1S/C19H26N6O2S/c1-2-3-11-19(24-25-19)12-13-20-15(26)9-10-16(27)21-18-23-22-17(28-18)14-7-5-4-6-8-14/h1,14H,3-13H2,(H,20,26)(H,21,23,27). The number of hydrogen-bond donors (Lipinski definition) is 2. The summed E-state index contributed by atoms with van der Waals surface area (Å²) >= 11 is 1.44. The molecular formula is C19H26N6O2S. The minimum Gasteiger partial charge on any atom is -0.356 e. The van der Waals surface area contributed by atoms with Crippen molar-refractivity contribution in [3.63, 3.8) is 0 Å². The molecule has 2 heterocycles. The Hall–Kier alpha value is -2.34. The number of terminal acetylenes is 1. The highest BCUT2D eigenvalue weighted by Crippen LogP contribution is 2.36. The molecule has 2 amide bonds. The molecule has 8 nitrogen and oxygen atoms in total. The minimum absolute atomic E-state index is 0.112. The first kappa shape index (κ1) is 20.4. The number of nitrogens with one attached hydrogen (secondary N) is 2. The number of aromatic nitrogens is 2. The van der Waals surface area contributed by atoms with Crippen LogP contribution < -0.4 is 10.6 Å². The van der Waals surface area contributed by atoms with Gasteiger partial charge in [-0.15, -0.1) is 22.5 Å². The van der Waals surface area contributed by atoms with Crippen molar-refractivity contribution < 1.29 is 9.59 Å². The molecular weight excluding hydrogens is 376 g/mol. The molecule has 0 unspecified atom stereocenters. The van der Waals surface area contributed by atoms with Crippen molar-refractivity contribution in [2.45, 2.75) is 75.8 Å². The molecule has 1 fully saturated rings. The predicted octanol–water partition coefficient (Wildman–Crippen LogP) is 3.39. The molecule has 9 heteroatoms. The largest absolute Gasteiger partial charge is 0.356 e. The normalized spacial score (nSPS) is 17.7. The van der Waals surface area contributed by atoms with E-state index in [4.69, 9.17) is 6.42 Å². The highest BCUT2D eigenvalue weighted by atomic mass is 32.1. The van der Waals surface area contributed by atoms with Gasteiger partial charge in [0.05, 0.1) is 0 Å². The lowest BCUT2D eigenvalue weighted by atomic mass is 9.90. The Labute approximate surface area is 169 Å². The summed E-state index contributed by atoms with van der Waals surface area (Å²) in [4.78, 5) is 24.0. The van der Waals surface area contributed by atoms with Crippen LogP contribution in [0.1, 0.15) is 75.1 Å². The molecule has 1 aromatic heterocycles. The zero-order valence-corrected chi connectivity index (χ0v) is 16.8. The van der Waals surface area contributed by atoms with E-state index < -0.39 is 5.66 Å². The van der Waals surface area contributed by atoms with Gasteiger partial charge in [-0.3, -0.25) is 9.59 Å². The number of nitrogens with zero attached hydrogens (tertiary/aromatic N) is 4. The van der Waals surface area contributed by atoms with Crippen LogP contribution in [0.25, 0.3) is 0 Å². The monoisotopic (exact) mass is 402 g/mol. The quantitative estimate of drug-likeness (QED) is 0.585. The van der Waals surface area contributed by atoms with Crippen molar-refractivity contribution in [1.29, 1.82) is 0 Å². The Balaban J connectivity index is 1.31. The van der Waals surface area contributed by atoms with Gasteiger partial charge in [0.15, 0.2) is 5.66 Å². The molecule has 0 atom stereocenters. The van der Waals surface area contributed by atoms with E-state index in [1.54, 1.807) is 0 Å². The zero-order chi connectivity index (χ0) is 19.8. The van der Waals surface area contributed by atoms with E-state index in [2.05, 4.69) is 37.0 Å². The summed E-state index contributed by atoms with van der Waals surface area (Å²) in [6.45, 7) is 0.471. The second-order valence-electron chi connectivity index (χ2n) is 7.32. The molecule has 3 rings (SSSR count). The van der Waals surface area contributed by atoms with Crippen molar-refractivity contribution in [2.75, 3.05) is 11.9 Å².